The van der Waals surface area contributed by atoms with E-state index < -0.39 is 0 Å². The van der Waals surface area contributed by atoms with E-state index in [2.05, 4.69) is 45.0 Å². The standard InChI is InChI=1S/C18H30/c1-4-6-8-9-13-17(12-7-5-2)18-14-10-11-16(3)15-18/h10-11,14-15,17H,4-9,12-13H2,1-3H3. The van der Waals surface area contributed by atoms with Crippen molar-refractivity contribution in [2.24, 2.45) is 0 Å². The Hall–Kier alpha value is -0.780. The summed E-state index contributed by atoms with van der Waals surface area (Å²) in [5.74, 6) is 0.793. The lowest BCUT2D eigenvalue weighted by atomic mass is 9.88. The van der Waals surface area contributed by atoms with Crippen molar-refractivity contribution in [3.8, 4) is 0 Å². The molecule has 0 spiro atoms. The summed E-state index contributed by atoms with van der Waals surface area (Å²) in [5.41, 5.74) is 2.97. The van der Waals surface area contributed by atoms with Crippen molar-refractivity contribution in [3.05, 3.63) is 35.4 Å². The van der Waals surface area contributed by atoms with Crippen LogP contribution in [0.4, 0.5) is 0 Å². The van der Waals surface area contributed by atoms with Crippen LogP contribution in [0.3, 0.4) is 0 Å². The van der Waals surface area contributed by atoms with Gasteiger partial charge in [-0.2, -0.15) is 0 Å². The van der Waals surface area contributed by atoms with Gasteiger partial charge in [0.25, 0.3) is 0 Å². The average molecular weight is 246 g/mol. The molecule has 0 N–H and O–H groups in total. The minimum Gasteiger partial charge on any atom is -0.0654 e. The number of hydrogen-bond donors (Lipinski definition) is 0. The average Bonchev–Trinajstić information content (AvgIpc) is 2.38. The molecule has 1 aromatic rings. The fourth-order valence-electron chi connectivity index (χ4n) is 2.67. The molecule has 0 heterocycles. The molecule has 0 aliphatic heterocycles. The lowest BCUT2D eigenvalue weighted by Gasteiger charge is -2.17. The summed E-state index contributed by atoms with van der Waals surface area (Å²) >= 11 is 0. The van der Waals surface area contributed by atoms with Gasteiger partial charge < -0.3 is 0 Å². The molecule has 1 rings (SSSR count). The highest BCUT2D eigenvalue weighted by Gasteiger charge is 2.10. The van der Waals surface area contributed by atoms with E-state index in [0.717, 1.165) is 5.92 Å². The van der Waals surface area contributed by atoms with Crippen LogP contribution in [-0.4, -0.2) is 0 Å². The molecule has 1 aromatic carbocycles. The van der Waals surface area contributed by atoms with Crippen LogP contribution in [0.2, 0.25) is 0 Å². The topological polar surface area (TPSA) is 0 Å². The molecule has 0 aliphatic rings. The maximum absolute atomic E-state index is 2.39. The normalized spacial score (nSPS) is 12.6. The second kappa shape index (κ2) is 9.19. The monoisotopic (exact) mass is 246 g/mol. The molecule has 102 valence electrons. The Kier molecular flexibility index (Phi) is 7.80. The van der Waals surface area contributed by atoms with Crippen molar-refractivity contribution in [2.45, 2.75) is 78.1 Å². The molecule has 0 nitrogen and oxygen atoms in total. The summed E-state index contributed by atoms with van der Waals surface area (Å²) in [6.07, 6.45) is 11.0. The molecule has 1 unspecified atom stereocenters. The Morgan fingerprint density at radius 1 is 0.889 bits per heavy atom. The van der Waals surface area contributed by atoms with Gasteiger partial charge in [-0.05, 0) is 31.2 Å². The van der Waals surface area contributed by atoms with Crippen LogP contribution in [0.15, 0.2) is 24.3 Å². The smallest absolute Gasteiger partial charge is 0.0162 e. The van der Waals surface area contributed by atoms with Crippen molar-refractivity contribution in [2.75, 3.05) is 0 Å². The Balaban J connectivity index is 2.54. The summed E-state index contributed by atoms with van der Waals surface area (Å²) in [5, 5.41) is 0. The first kappa shape index (κ1) is 15.3. The van der Waals surface area contributed by atoms with E-state index in [1.807, 2.05) is 0 Å². The van der Waals surface area contributed by atoms with Crippen molar-refractivity contribution in [3.63, 3.8) is 0 Å². The number of aryl methyl sites for hydroxylation is 1. The zero-order valence-electron chi connectivity index (χ0n) is 12.5. The van der Waals surface area contributed by atoms with Crippen LogP contribution in [0.5, 0.6) is 0 Å². The molecule has 0 saturated carbocycles. The van der Waals surface area contributed by atoms with Gasteiger partial charge in [0.2, 0.25) is 0 Å². The maximum atomic E-state index is 2.39. The largest absolute Gasteiger partial charge is 0.0654 e. The summed E-state index contributed by atoms with van der Waals surface area (Å²) in [6, 6.07) is 9.14. The molecule has 1 atom stereocenters. The fourth-order valence-corrected chi connectivity index (χ4v) is 2.67. The Morgan fingerprint density at radius 2 is 1.61 bits per heavy atom. The number of unbranched alkanes of at least 4 members (excludes halogenated alkanes) is 4. The quantitative estimate of drug-likeness (QED) is 0.452. The van der Waals surface area contributed by atoms with Crippen LogP contribution >= 0.6 is 0 Å². The fraction of sp³-hybridized carbons (Fsp3) is 0.667. The van der Waals surface area contributed by atoms with Crippen LogP contribution in [0.25, 0.3) is 0 Å². The number of hydrogen-bond acceptors (Lipinski definition) is 0. The van der Waals surface area contributed by atoms with E-state index in [0.29, 0.717) is 0 Å². The van der Waals surface area contributed by atoms with Gasteiger partial charge in [0.15, 0.2) is 0 Å². The number of benzene rings is 1. The highest BCUT2D eigenvalue weighted by Crippen LogP contribution is 2.28. The van der Waals surface area contributed by atoms with E-state index in [4.69, 9.17) is 0 Å². The van der Waals surface area contributed by atoms with Crippen LogP contribution < -0.4 is 0 Å². The molecule has 18 heavy (non-hydrogen) atoms. The summed E-state index contributed by atoms with van der Waals surface area (Å²) in [7, 11) is 0. The van der Waals surface area contributed by atoms with E-state index in [9.17, 15) is 0 Å². The lowest BCUT2D eigenvalue weighted by molar-refractivity contribution is 0.508. The first-order chi connectivity index (χ1) is 8.77. The highest BCUT2D eigenvalue weighted by atomic mass is 14.2. The first-order valence-electron chi connectivity index (χ1n) is 7.84. The van der Waals surface area contributed by atoms with Gasteiger partial charge in [0.05, 0.1) is 0 Å². The van der Waals surface area contributed by atoms with Crippen LogP contribution in [0, 0.1) is 6.92 Å². The van der Waals surface area contributed by atoms with E-state index in [-0.39, 0.29) is 0 Å². The Labute approximate surface area is 114 Å². The molecule has 0 saturated heterocycles. The molecule has 0 heteroatoms. The minimum atomic E-state index is 0.793. The van der Waals surface area contributed by atoms with Gasteiger partial charge in [-0.25, -0.2) is 0 Å². The van der Waals surface area contributed by atoms with Crippen LogP contribution in [0.1, 0.15) is 82.3 Å². The summed E-state index contributed by atoms with van der Waals surface area (Å²) in [6.45, 7) is 6.79. The van der Waals surface area contributed by atoms with Crippen molar-refractivity contribution >= 4 is 0 Å². The zero-order chi connectivity index (χ0) is 13.2. The Morgan fingerprint density at radius 3 is 2.28 bits per heavy atom. The van der Waals surface area contributed by atoms with Gasteiger partial charge in [-0.15, -0.1) is 0 Å². The van der Waals surface area contributed by atoms with E-state index in [1.54, 1.807) is 5.56 Å². The van der Waals surface area contributed by atoms with E-state index >= 15 is 0 Å². The molecular formula is C18H30. The summed E-state index contributed by atoms with van der Waals surface area (Å²) < 4.78 is 0. The molecule has 0 amide bonds. The second-order valence-electron chi connectivity index (χ2n) is 5.60. The predicted octanol–water partition coefficient (Wildman–Crippen LogP) is 6.24. The van der Waals surface area contributed by atoms with Crippen molar-refractivity contribution in [1.82, 2.24) is 0 Å². The third kappa shape index (κ3) is 5.71. The van der Waals surface area contributed by atoms with Crippen LogP contribution in [-0.2, 0) is 0 Å². The number of rotatable bonds is 9. The molecular weight excluding hydrogens is 216 g/mol. The zero-order valence-corrected chi connectivity index (χ0v) is 12.5. The van der Waals surface area contributed by atoms with E-state index in [1.165, 1.54) is 56.9 Å². The third-order valence-corrected chi connectivity index (χ3v) is 3.83. The summed E-state index contributed by atoms with van der Waals surface area (Å²) in [4.78, 5) is 0. The van der Waals surface area contributed by atoms with Crippen molar-refractivity contribution in [1.29, 1.82) is 0 Å². The Bertz CT molecular complexity index is 314. The molecule has 0 radical (unpaired) electrons. The van der Waals surface area contributed by atoms with Crippen molar-refractivity contribution < 1.29 is 0 Å². The SMILES string of the molecule is CCCCCCC(CCCC)c1cccc(C)c1. The minimum absolute atomic E-state index is 0.793. The third-order valence-electron chi connectivity index (χ3n) is 3.83. The highest BCUT2D eigenvalue weighted by molar-refractivity contribution is 5.25. The second-order valence-corrected chi connectivity index (χ2v) is 5.60. The lowest BCUT2D eigenvalue weighted by Crippen LogP contribution is -2.00. The molecule has 0 aromatic heterocycles. The van der Waals surface area contributed by atoms with Gasteiger partial charge in [-0.3, -0.25) is 0 Å². The molecule has 0 bridgehead atoms. The molecule has 0 aliphatic carbocycles. The maximum Gasteiger partial charge on any atom is -0.0162 e. The van der Waals surface area contributed by atoms with Gasteiger partial charge in [-0.1, -0.05) is 82.2 Å². The van der Waals surface area contributed by atoms with Gasteiger partial charge in [0, 0.05) is 0 Å². The predicted molar refractivity (Wildman–Crippen MR) is 82.2 cm³/mol. The first-order valence-corrected chi connectivity index (χ1v) is 7.84. The van der Waals surface area contributed by atoms with Gasteiger partial charge >= 0.3 is 0 Å². The van der Waals surface area contributed by atoms with Gasteiger partial charge in [0.1, 0.15) is 0 Å². The molecule has 0 fully saturated rings.